The van der Waals surface area contributed by atoms with Crippen LogP contribution in [-0.4, -0.2) is 21.6 Å². The van der Waals surface area contributed by atoms with E-state index in [1.165, 1.54) is 0 Å². The molecule has 0 fully saturated rings. The molecule has 0 N–H and O–H groups in total. The van der Waals surface area contributed by atoms with Gasteiger partial charge in [0.1, 0.15) is 5.82 Å². The summed E-state index contributed by atoms with van der Waals surface area (Å²) < 4.78 is 7.17. The van der Waals surface area contributed by atoms with Crippen molar-refractivity contribution in [2.45, 2.75) is 12.4 Å². The summed E-state index contributed by atoms with van der Waals surface area (Å²) in [6, 6.07) is 3.86. The van der Waals surface area contributed by atoms with Gasteiger partial charge in [-0.05, 0) is 6.07 Å². The monoisotopic (exact) mass is 237 g/mol. The Morgan fingerprint density at radius 2 is 2.25 bits per heavy atom. The second kappa shape index (κ2) is 4.99. The van der Waals surface area contributed by atoms with E-state index in [1.807, 2.05) is 22.9 Å². The summed E-state index contributed by atoms with van der Waals surface area (Å²) in [5, 5.41) is 0. The molecule has 2 aromatic rings. The van der Waals surface area contributed by atoms with Gasteiger partial charge in [-0.1, -0.05) is 6.07 Å². The summed E-state index contributed by atoms with van der Waals surface area (Å²) in [4.78, 5) is 8.30. The van der Waals surface area contributed by atoms with E-state index in [0.29, 0.717) is 18.3 Å². The van der Waals surface area contributed by atoms with Gasteiger partial charge in [0, 0.05) is 24.2 Å². The fourth-order valence-electron chi connectivity index (χ4n) is 1.53. The third kappa shape index (κ3) is 2.17. The van der Waals surface area contributed by atoms with Gasteiger partial charge in [-0.25, -0.2) is 9.97 Å². The first kappa shape index (κ1) is 11.0. The van der Waals surface area contributed by atoms with Gasteiger partial charge < -0.3 is 9.30 Å². The Bertz CT molecular complexity index is 470. The SMILES string of the molecule is COc1ncccc1Cn1ccnc1CCl. The molecular formula is C11H12ClN3O. The molecular weight excluding hydrogens is 226 g/mol. The number of halogens is 1. The Kier molecular flexibility index (Phi) is 3.41. The molecule has 2 rings (SSSR count). The smallest absolute Gasteiger partial charge is 0.218 e. The van der Waals surface area contributed by atoms with Crippen LogP contribution in [-0.2, 0) is 12.4 Å². The van der Waals surface area contributed by atoms with E-state index in [4.69, 9.17) is 16.3 Å². The summed E-state index contributed by atoms with van der Waals surface area (Å²) in [5.74, 6) is 1.87. The highest BCUT2D eigenvalue weighted by Gasteiger charge is 2.06. The molecule has 5 heteroatoms. The fourth-order valence-corrected chi connectivity index (χ4v) is 1.75. The molecule has 0 aliphatic rings. The lowest BCUT2D eigenvalue weighted by Crippen LogP contribution is -2.05. The van der Waals surface area contributed by atoms with Crippen LogP contribution >= 0.6 is 11.6 Å². The number of pyridine rings is 1. The Hall–Kier alpha value is -1.55. The van der Waals surface area contributed by atoms with Crippen LogP contribution in [0.2, 0.25) is 0 Å². The first-order chi connectivity index (χ1) is 7.85. The van der Waals surface area contributed by atoms with E-state index in [-0.39, 0.29) is 0 Å². The van der Waals surface area contributed by atoms with E-state index < -0.39 is 0 Å². The lowest BCUT2D eigenvalue weighted by Gasteiger charge is -2.09. The van der Waals surface area contributed by atoms with Crippen molar-refractivity contribution in [3.8, 4) is 5.88 Å². The Morgan fingerprint density at radius 1 is 1.38 bits per heavy atom. The van der Waals surface area contributed by atoms with Crippen LogP contribution in [0.4, 0.5) is 0 Å². The predicted molar refractivity (Wildman–Crippen MR) is 61.7 cm³/mol. The molecule has 0 radical (unpaired) electrons. The van der Waals surface area contributed by atoms with Crippen molar-refractivity contribution >= 4 is 11.6 Å². The van der Waals surface area contributed by atoms with Crippen LogP contribution in [0.25, 0.3) is 0 Å². The van der Waals surface area contributed by atoms with Crippen molar-refractivity contribution in [2.75, 3.05) is 7.11 Å². The van der Waals surface area contributed by atoms with Crippen molar-refractivity contribution in [3.63, 3.8) is 0 Å². The number of hydrogen-bond acceptors (Lipinski definition) is 3. The zero-order valence-corrected chi connectivity index (χ0v) is 9.68. The van der Waals surface area contributed by atoms with Gasteiger partial charge in [0.15, 0.2) is 0 Å². The molecule has 0 unspecified atom stereocenters. The maximum atomic E-state index is 5.78. The summed E-state index contributed by atoms with van der Waals surface area (Å²) in [7, 11) is 1.61. The van der Waals surface area contributed by atoms with Crippen LogP contribution in [0.1, 0.15) is 11.4 Å². The van der Waals surface area contributed by atoms with Crippen LogP contribution < -0.4 is 4.74 Å². The summed E-state index contributed by atoms with van der Waals surface area (Å²) >= 11 is 5.78. The average Bonchev–Trinajstić information content (AvgIpc) is 2.77. The quantitative estimate of drug-likeness (QED) is 0.765. The summed E-state index contributed by atoms with van der Waals surface area (Å²) in [6.45, 7) is 0.666. The first-order valence-electron chi connectivity index (χ1n) is 4.89. The Morgan fingerprint density at radius 3 is 3.00 bits per heavy atom. The van der Waals surface area contributed by atoms with Gasteiger partial charge in [-0.15, -0.1) is 11.6 Å². The standard InChI is InChI=1S/C11H12ClN3O/c1-16-11-9(3-2-4-14-11)8-15-6-5-13-10(15)7-12/h2-6H,7-8H2,1H3. The number of hydrogen-bond donors (Lipinski definition) is 0. The summed E-state index contributed by atoms with van der Waals surface area (Å²) in [5.41, 5.74) is 1.01. The molecule has 0 aliphatic heterocycles. The zero-order valence-electron chi connectivity index (χ0n) is 8.93. The molecule has 0 bridgehead atoms. The van der Waals surface area contributed by atoms with Crippen LogP contribution in [0.3, 0.4) is 0 Å². The lowest BCUT2D eigenvalue weighted by molar-refractivity contribution is 0.391. The maximum Gasteiger partial charge on any atom is 0.218 e. The highest BCUT2D eigenvalue weighted by atomic mass is 35.5. The molecule has 4 nitrogen and oxygen atoms in total. The first-order valence-corrected chi connectivity index (χ1v) is 5.42. The minimum Gasteiger partial charge on any atom is -0.481 e. The van der Waals surface area contributed by atoms with E-state index >= 15 is 0 Å². The number of methoxy groups -OCH3 is 1. The molecule has 16 heavy (non-hydrogen) atoms. The fraction of sp³-hybridized carbons (Fsp3) is 0.273. The third-order valence-corrected chi connectivity index (χ3v) is 2.54. The number of alkyl halides is 1. The number of nitrogens with zero attached hydrogens (tertiary/aromatic N) is 3. The highest BCUT2D eigenvalue weighted by Crippen LogP contribution is 2.16. The van der Waals surface area contributed by atoms with E-state index in [9.17, 15) is 0 Å². The number of rotatable bonds is 4. The van der Waals surface area contributed by atoms with Crippen LogP contribution in [0.15, 0.2) is 30.7 Å². The minimum absolute atomic E-state index is 0.398. The second-order valence-electron chi connectivity index (χ2n) is 3.28. The molecule has 0 aliphatic carbocycles. The third-order valence-electron chi connectivity index (χ3n) is 2.31. The maximum absolute atomic E-state index is 5.78. The molecule has 0 saturated heterocycles. The van der Waals surface area contributed by atoms with Gasteiger partial charge in [0.05, 0.1) is 19.5 Å². The number of imidazole rings is 1. The lowest BCUT2D eigenvalue weighted by atomic mass is 10.2. The molecule has 0 spiro atoms. The van der Waals surface area contributed by atoms with E-state index in [1.54, 1.807) is 19.5 Å². The normalized spacial score (nSPS) is 10.4. The molecule has 0 amide bonds. The Balaban J connectivity index is 2.26. The van der Waals surface area contributed by atoms with E-state index in [0.717, 1.165) is 11.4 Å². The van der Waals surface area contributed by atoms with Gasteiger partial charge in [-0.3, -0.25) is 0 Å². The highest BCUT2D eigenvalue weighted by molar-refractivity contribution is 6.16. The van der Waals surface area contributed by atoms with Gasteiger partial charge in [0.25, 0.3) is 0 Å². The van der Waals surface area contributed by atoms with Crippen LogP contribution in [0.5, 0.6) is 5.88 Å². The van der Waals surface area contributed by atoms with Crippen molar-refractivity contribution in [3.05, 3.63) is 42.1 Å². The predicted octanol–water partition coefficient (Wildman–Crippen LogP) is 2.07. The minimum atomic E-state index is 0.398. The molecule has 0 saturated carbocycles. The van der Waals surface area contributed by atoms with Gasteiger partial charge in [-0.2, -0.15) is 0 Å². The molecule has 0 aromatic carbocycles. The van der Waals surface area contributed by atoms with Gasteiger partial charge in [0.2, 0.25) is 5.88 Å². The van der Waals surface area contributed by atoms with Crippen molar-refractivity contribution in [1.29, 1.82) is 0 Å². The summed E-state index contributed by atoms with van der Waals surface area (Å²) in [6.07, 6.45) is 5.34. The Labute approximate surface area is 98.9 Å². The van der Waals surface area contributed by atoms with Crippen LogP contribution in [0, 0.1) is 0 Å². The molecule has 0 atom stereocenters. The molecule has 2 heterocycles. The van der Waals surface area contributed by atoms with Crippen molar-refractivity contribution in [1.82, 2.24) is 14.5 Å². The van der Waals surface area contributed by atoms with Gasteiger partial charge >= 0.3 is 0 Å². The zero-order chi connectivity index (χ0) is 11.4. The van der Waals surface area contributed by atoms with E-state index in [2.05, 4.69) is 9.97 Å². The molecule has 84 valence electrons. The average molecular weight is 238 g/mol. The topological polar surface area (TPSA) is 39.9 Å². The largest absolute Gasteiger partial charge is 0.481 e. The van der Waals surface area contributed by atoms with Crippen molar-refractivity contribution in [2.24, 2.45) is 0 Å². The second-order valence-corrected chi connectivity index (χ2v) is 3.54. The van der Waals surface area contributed by atoms with Crippen molar-refractivity contribution < 1.29 is 4.74 Å². The number of aromatic nitrogens is 3. The molecule has 2 aromatic heterocycles. The number of ether oxygens (including phenoxy) is 1.